The average Bonchev–Trinajstić information content (AvgIpc) is 2.47. The number of nitrogens with zero attached hydrogens (tertiary/aromatic N) is 1. The molecule has 124 valence electrons. The zero-order chi connectivity index (χ0) is 17.3. The Morgan fingerprint density at radius 3 is 2.35 bits per heavy atom. The molecule has 0 aromatic carbocycles. The minimum absolute atomic E-state index is 0. The van der Waals surface area contributed by atoms with E-state index in [1.807, 2.05) is 13.8 Å². The number of hydrogen-bond donors (Lipinski definition) is 1. The molecule has 0 saturated carbocycles. The molecular formula is C15H23N2NaO5. The zero-order valence-electron chi connectivity index (χ0n) is 14.5. The molecule has 1 heterocycles. The first-order valence-corrected chi connectivity index (χ1v) is 7.12. The van der Waals surface area contributed by atoms with Gasteiger partial charge in [-0.2, -0.15) is 0 Å². The fourth-order valence-electron chi connectivity index (χ4n) is 2.38. The van der Waals surface area contributed by atoms with Crippen LogP contribution in [0.5, 0.6) is 0 Å². The fraction of sp³-hybridized carbons (Fsp3) is 0.600. The van der Waals surface area contributed by atoms with Gasteiger partial charge >= 0.3 is 35.5 Å². The molecule has 1 N–H and O–H groups in total. The number of amidine groups is 1. The smallest absolute Gasteiger partial charge is 0.846 e. The van der Waals surface area contributed by atoms with Crippen LogP contribution in [0.3, 0.4) is 0 Å². The molecular weight excluding hydrogens is 311 g/mol. The number of esters is 1. The summed E-state index contributed by atoms with van der Waals surface area (Å²) >= 11 is 0. The van der Waals surface area contributed by atoms with Gasteiger partial charge in [-0.3, -0.25) is 9.59 Å². The first-order valence-electron chi connectivity index (χ1n) is 7.12. The van der Waals surface area contributed by atoms with Crippen LogP contribution in [0.4, 0.5) is 0 Å². The third kappa shape index (κ3) is 6.08. The van der Waals surface area contributed by atoms with Crippen LogP contribution in [0.15, 0.2) is 17.6 Å². The van der Waals surface area contributed by atoms with Crippen LogP contribution in [-0.2, 0) is 19.1 Å². The Kier molecular flexibility index (Phi) is 11.9. The number of rotatable bonds is 5. The maximum atomic E-state index is 11.9. The summed E-state index contributed by atoms with van der Waals surface area (Å²) in [6.45, 7) is 8.78. The first kappa shape index (κ1) is 24.1. The largest absolute Gasteiger partial charge is 1.00 e. The van der Waals surface area contributed by atoms with E-state index in [0.717, 1.165) is 18.9 Å². The van der Waals surface area contributed by atoms with Gasteiger partial charge in [-0.15, -0.1) is 0 Å². The van der Waals surface area contributed by atoms with Crippen molar-refractivity contribution in [2.75, 3.05) is 7.11 Å². The Balaban J connectivity index is 0. The number of hydrogen-bond acceptors (Lipinski definition) is 5. The zero-order valence-corrected chi connectivity index (χ0v) is 16.5. The van der Waals surface area contributed by atoms with Crippen LogP contribution in [0.1, 0.15) is 40.0 Å². The summed E-state index contributed by atoms with van der Waals surface area (Å²) in [6.07, 6.45) is 3.13. The number of nitrogens with one attached hydrogen (secondary N) is 1. The molecule has 1 aliphatic heterocycles. The molecule has 2 atom stereocenters. The monoisotopic (exact) mass is 334 g/mol. The Hall–Kier alpha value is -1.18. The van der Waals surface area contributed by atoms with E-state index in [9.17, 15) is 19.5 Å². The van der Waals surface area contributed by atoms with Crippen molar-refractivity contribution in [3.63, 3.8) is 0 Å². The van der Waals surface area contributed by atoms with E-state index in [4.69, 9.17) is 0 Å². The van der Waals surface area contributed by atoms with Gasteiger partial charge in [-0.25, -0.2) is 9.79 Å². The van der Waals surface area contributed by atoms with Gasteiger partial charge in [0.1, 0.15) is 5.41 Å². The van der Waals surface area contributed by atoms with E-state index in [1.165, 1.54) is 7.11 Å². The second kappa shape index (κ2) is 11.4. The average molecular weight is 334 g/mol. The topological polar surface area (TPSA) is 108 Å². The molecule has 1 rings (SSSR count). The first-order chi connectivity index (χ1) is 10.3. The van der Waals surface area contributed by atoms with Crippen LogP contribution < -0.4 is 40.0 Å². The molecule has 0 radical (unpaired) electrons. The number of aliphatic imine (C=N–C) groups is 1. The standard InChI is InChI=1S/C11H18N2O3.C4H6O2.Na/c1-4-6-7(3)11(5-2)8(14)12-10(16)13-9(11)15;1-3-4(5)6-2;/h7H,4-6H2,1-3H3,(H2,12,13,14,15,16);3H,1H2,2H3;/q;;+1/p-1. The van der Waals surface area contributed by atoms with Gasteiger partial charge in [0.2, 0.25) is 5.91 Å². The molecule has 2 amide bonds. The molecule has 7 nitrogen and oxygen atoms in total. The molecule has 8 heteroatoms. The van der Waals surface area contributed by atoms with Gasteiger partial charge < -0.3 is 15.2 Å². The Morgan fingerprint density at radius 2 is 2.04 bits per heavy atom. The van der Waals surface area contributed by atoms with Crippen LogP contribution in [0.25, 0.3) is 0 Å². The van der Waals surface area contributed by atoms with Crippen molar-refractivity contribution >= 4 is 23.8 Å². The van der Waals surface area contributed by atoms with E-state index in [-0.39, 0.29) is 35.5 Å². The molecule has 23 heavy (non-hydrogen) atoms. The minimum Gasteiger partial charge on any atom is -0.846 e. The van der Waals surface area contributed by atoms with Crippen LogP contribution >= 0.6 is 0 Å². The van der Waals surface area contributed by atoms with Crippen LogP contribution in [-0.4, -0.2) is 30.9 Å². The third-order valence-corrected chi connectivity index (χ3v) is 3.70. The molecule has 0 aliphatic carbocycles. The van der Waals surface area contributed by atoms with E-state index in [2.05, 4.69) is 21.6 Å². The third-order valence-electron chi connectivity index (χ3n) is 3.70. The predicted octanol–water partition coefficient (Wildman–Crippen LogP) is -2.46. The molecule has 0 saturated heterocycles. The summed E-state index contributed by atoms with van der Waals surface area (Å²) in [5.41, 5.74) is -1.15. The van der Waals surface area contributed by atoms with Crippen molar-refractivity contribution in [2.24, 2.45) is 16.3 Å². The van der Waals surface area contributed by atoms with E-state index >= 15 is 0 Å². The summed E-state index contributed by atoms with van der Waals surface area (Å²) in [4.78, 5) is 36.9. The maximum Gasteiger partial charge on any atom is 1.00 e. The number of carbonyl (C=O) groups excluding carboxylic acids is 3. The van der Waals surface area contributed by atoms with Gasteiger partial charge in [-0.1, -0.05) is 33.8 Å². The molecule has 1 aliphatic rings. The van der Waals surface area contributed by atoms with Gasteiger partial charge in [0.15, 0.2) is 0 Å². The van der Waals surface area contributed by atoms with Gasteiger partial charge in [0.25, 0.3) is 5.91 Å². The second-order valence-corrected chi connectivity index (χ2v) is 4.92. The quantitative estimate of drug-likeness (QED) is 0.260. The number of ether oxygens (including phenoxy) is 1. The molecule has 0 aromatic heterocycles. The summed E-state index contributed by atoms with van der Waals surface area (Å²) in [5.74, 6) is -1.59. The van der Waals surface area contributed by atoms with Crippen LogP contribution in [0, 0.1) is 11.3 Å². The van der Waals surface area contributed by atoms with Gasteiger partial charge in [0.05, 0.1) is 13.1 Å². The Labute approximate surface area is 158 Å². The predicted molar refractivity (Wildman–Crippen MR) is 79.6 cm³/mol. The van der Waals surface area contributed by atoms with Crippen molar-refractivity contribution in [3.05, 3.63) is 12.7 Å². The van der Waals surface area contributed by atoms with Gasteiger partial charge in [0, 0.05) is 6.08 Å². The fourth-order valence-corrected chi connectivity index (χ4v) is 2.38. The van der Waals surface area contributed by atoms with E-state index in [0.29, 0.717) is 6.42 Å². The molecule has 0 bridgehead atoms. The van der Waals surface area contributed by atoms with Crippen molar-refractivity contribution in [1.82, 2.24) is 5.32 Å². The number of methoxy groups -OCH3 is 1. The van der Waals surface area contributed by atoms with Gasteiger partial charge in [-0.05, 0) is 18.8 Å². The molecule has 2 unspecified atom stereocenters. The maximum absolute atomic E-state index is 11.9. The molecule has 0 aromatic rings. The minimum atomic E-state index is -1.15. The summed E-state index contributed by atoms with van der Waals surface area (Å²) in [5, 5.41) is 13.1. The van der Waals surface area contributed by atoms with E-state index in [1.54, 1.807) is 6.92 Å². The normalized spacial score (nSPS) is 20.8. The van der Waals surface area contributed by atoms with Crippen molar-refractivity contribution in [1.29, 1.82) is 0 Å². The van der Waals surface area contributed by atoms with Crippen molar-refractivity contribution in [3.8, 4) is 0 Å². The molecule has 0 fully saturated rings. The summed E-state index contributed by atoms with van der Waals surface area (Å²) < 4.78 is 4.14. The molecule has 0 spiro atoms. The SMILES string of the molecule is C=CC(=O)OC.CCCC(C)C1(CC)C(=O)N=C([O-])NC1=O.[Na+]. The van der Waals surface area contributed by atoms with Crippen molar-refractivity contribution in [2.45, 2.75) is 40.0 Å². The Morgan fingerprint density at radius 1 is 1.48 bits per heavy atom. The number of amides is 2. The summed E-state index contributed by atoms with van der Waals surface area (Å²) in [6, 6.07) is -0.845. The van der Waals surface area contributed by atoms with E-state index < -0.39 is 29.2 Å². The second-order valence-electron chi connectivity index (χ2n) is 4.92. The number of carbonyl (C=O) groups is 3. The summed E-state index contributed by atoms with van der Waals surface area (Å²) in [7, 11) is 1.31. The van der Waals surface area contributed by atoms with Crippen LogP contribution in [0.2, 0.25) is 0 Å². The Bertz CT molecular complexity index is 478. The van der Waals surface area contributed by atoms with Crippen molar-refractivity contribution < 1.29 is 53.8 Å².